The van der Waals surface area contributed by atoms with Crippen LogP contribution >= 0.6 is 0 Å². The average Bonchev–Trinajstić information content (AvgIpc) is 2.71. The Balaban J connectivity index is 1.90. The summed E-state index contributed by atoms with van der Waals surface area (Å²) in [6.07, 6.45) is 7.63. The van der Waals surface area contributed by atoms with Crippen LogP contribution in [0.3, 0.4) is 0 Å². The van der Waals surface area contributed by atoms with Gasteiger partial charge in [-0.05, 0) is 58.8 Å². The zero-order valence-electron chi connectivity index (χ0n) is 19.4. The van der Waals surface area contributed by atoms with Crippen LogP contribution in [0.15, 0.2) is 40.7 Å². The van der Waals surface area contributed by atoms with Crippen molar-refractivity contribution in [2.45, 2.75) is 65.8 Å². The molecule has 1 aromatic rings. The van der Waals surface area contributed by atoms with Gasteiger partial charge in [-0.15, -0.1) is 0 Å². The highest BCUT2D eigenvalue weighted by Crippen LogP contribution is 2.52. The molecule has 1 aromatic carbocycles. The number of aromatic hydroxyl groups is 2. The summed E-state index contributed by atoms with van der Waals surface area (Å²) in [7, 11) is 1.59. The second-order valence-corrected chi connectivity index (χ2v) is 9.69. The zero-order valence-corrected chi connectivity index (χ0v) is 19.4. The van der Waals surface area contributed by atoms with Crippen molar-refractivity contribution in [1.29, 1.82) is 0 Å². The molecule has 0 saturated carbocycles. The number of phenols is 2. The second kappa shape index (κ2) is 7.98. The summed E-state index contributed by atoms with van der Waals surface area (Å²) in [4.78, 5) is 27.4. The van der Waals surface area contributed by atoms with E-state index < -0.39 is 17.1 Å². The minimum Gasteiger partial charge on any atom is -0.508 e. The molecular formula is C26H30BO5. The maximum Gasteiger partial charge on any atom is 0.232 e. The van der Waals surface area contributed by atoms with E-state index in [9.17, 15) is 19.8 Å². The molecule has 2 aliphatic carbocycles. The molecule has 0 bridgehead atoms. The lowest BCUT2D eigenvalue weighted by Gasteiger charge is -2.49. The topological polar surface area (TPSA) is 83.8 Å². The SMILES string of the molecule is C[B]c1c(O)cc(O)c2c1C(=O)C1=C(OC(C)(CCC=C(C)C)C3CCC(C)=CC13)C2=O. The summed E-state index contributed by atoms with van der Waals surface area (Å²) in [5, 5.41) is 20.8. The third kappa shape index (κ3) is 3.40. The lowest BCUT2D eigenvalue weighted by Crippen LogP contribution is -2.50. The van der Waals surface area contributed by atoms with Gasteiger partial charge in [0.2, 0.25) is 5.78 Å². The van der Waals surface area contributed by atoms with Gasteiger partial charge in [-0.1, -0.05) is 30.1 Å². The molecule has 1 aliphatic heterocycles. The number of Topliss-reactive ketones (excluding diaryl/α,β-unsaturated/α-hetero) is 2. The Morgan fingerprint density at radius 3 is 2.59 bits per heavy atom. The Morgan fingerprint density at radius 2 is 1.94 bits per heavy atom. The first-order valence-corrected chi connectivity index (χ1v) is 11.3. The number of benzene rings is 1. The molecule has 1 radical (unpaired) electrons. The molecule has 3 unspecified atom stereocenters. The van der Waals surface area contributed by atoms with Crippen LogP contribution in [0.2, 0.25) is 6.82 Å². The fraction of sp³-hybridized carbons (Fsp3) is 0.462. The number of ether oxygens (including phenoxy) is 1. The molecule has 3 aliphatic rings. The van der Waals surface area contributed by atoms with Crippen molar-refractivity contribution in [3.8, 4) is 11.5 Å². The molecule has 167 valence electrons. The van der Waals surface area contributed by atoms with Crippen molar-refractivity contribution in [3.05, 3.63) is 51.8 Å². The van der Waals surface area contributed by atoms with Gasteiger partial charge in [0.25, 0.3) is 0 Å². The molecule has 6 heteroatoms. The maximum absolute atomic E-state index is 13.8. The molecule has 0 amide bonds. The minimum absolute atomic E-state index is 0.0532. The van der Waals surface area contributed by atoms with E-state index in [1.165, 1.54) is 11.1 Å². The number of hydrogen-bond acceptors (Lipinski definition) is 5. The molecule has 0 saturated heterocycles. The van der Waals surface area contributed by atoms with Crippen molar-refractivity contribution in [3.63, 3.8) is 0 Å². The van der Waals surface area contributed by atoms with E-state index in [2.05, 4.69) is 32.9 Å². The van der Waals surface area contributed by atoms with Crippen molar-refractivity contribution < 1.29 is 24.5 Å². The fourth-order valence-corrected chi connectivity index (χ4v) is 5.54. The molecular weight excluding hydrogens is 403 g/mol. The number of carbonyl (C=O) groups is 2. The Bertz CT molecular complexity index is 1110. The van der Waals surface area contributed by atoms with Crippen LogP contribution in [-0.4, -0.2) is 34.7 Å². The highest BCUT2D eigenvalue weighted by atomic mass is 16.5. The third-order valence-corrected chi connectivity index (χ3v) is 7.16. The summed E-state index contributed by atoms with van der Waals surface area (Å²) < 4.78 is 6.43. The van der Waals surface area contributed by atoms with E-state index in [1.807, 2.05) is 6.92 Å². The van der Waals surface area contributed by atoms with Crippen molar-refractivity contribution in [2.75, 3.05) is 0 Å². The molecule has 5 nitrogen and oxygen atoms in total. The molecule has 32 heavy (non-hydrogen) atoms. The summed E-state index contributed by atoms with van der Waals surface area (Å²) in [5.74, 6) is -1.57. The minimum atomic E-state index is -0.605. The summed E-state index contributed by atoms with van der Waals surface area (Å²) in [6.45, 7) is 9.90. The zero-order chi connectivity index (χ0) is 23.4. The van der Waals surface area contributed by atoms with Gasteiger partial charge in [0, 0.05) is 23.5 Å². The number of phenolic OH excluding ortho intramolecular Hbond substituents is 2. The number of allylic oxidation sites excluding steroid dienone is 6. The maximum atomic E-state index is 13.8. The number of ketones is 2. The number of hydrogen-bond donors (Lipinski definition) is 2. The Hall–Kier alpha value is -2.76. The van der Waals surface area contributed by atoms with E-state index in [0.29, 0.717) is 5.57 Å². The number of fused-ring (bicyclic) bond motifs is 3. The predicted octanol–water partition coefficient (Wildman–Crippen LogP) is 4.62. The third-order valence-electron chi connectivity index (χ3n) is 7.16. The highest BCUT2D eigenvalue weighted by molar-refractivity contribution is 6.57. The van der Waals surface area contributed by atoms with E-state index in [0.717, 1.165) is 31.7 Å². The summed E-state index contributed by atoms with van der Waals surface area (Å²) >= 11 is 0. The van der Waals surface area contributed by atoms with Gasteiger partial charge in [0.1, 0.15) is 17.1 Å². The largest absolute Gasteiger partial charge is 0.508 e. The molecule has 4 rings (SSSR count). The van der Waals surface area contributed by atoms with Gasteiger partial charge in [0.15, 0.2) is 18.8 Å². The van der Waals surface area contributed by atoms with E-state index >= 15 is 0 Å². The molecule has 0 spiro atoms. The van der Waals surface area contributed by atoms with Crippen molar-refractivity contribution >= 4 is 24.3 Å². The smallest absolute Gasteiger partial charge is 0.232 e. The Morgan fingerprint density at radius 1 is 1.22 bits per heavy atom. The van der Waals surface area contributed by atoms with Gasteiger partial charge < -0.3 is 14.9 Å². The first-order valence-electron chi connectivity index (χ1n) is 11.3. The number of carbonyl (C=O) groups excluding carboxylic acids is 2. The lowest BCUT2D eigenvalue weighted by molar-refractivity contribution is -0.0682. The fourth-order valence-electron chi connectivity index (χ4n) is 5.54. The van der Waals surface area contributed by atoms with Gasteiger partial charge in [-0.3, -0.25) is 9.59 Å². The van der Waals surface area contributed by atoms with Gasteiger partial charge in [-0.25, -0.2) is 0 Å². The van der Waals surface area contributed by atoms with Crippen LogP contribution < -0.4 is 5.46 Å². The first-order chi connectivity index (χ1) is 15.1. The normalized spacial score (nSPS) is 26.5. The van der Waals surface area contributed by atoms with Crippen molar-refractivity contribution in [2.24, 2.45) is 11.8 Å². The van der Waals surface area contributed by atoms with Crippen molar-refractivity contribution in [1.82, 2.24) is 0 Å². The van der Waals surface area contributed by atoms with Gasteiger partial charge in [-0.2, -0.15) is 0 Å². The van der Waals surface area contributed by atoms with Crippen LogP contribution in [0.5, 0.6) is 11.5 Å². The number of rotatable bonds is 4. The van der Waals surface area contributed by atoms with Gasteiger partial charge in [0.05, 0.1) is 11.1 Å². The standard InChI is InChI=1S/C26H30BO5/c1-13(2)7-6-10-26(4)16-9-8-14(3)11-15(16)19-23(30)21-20(24(31)25(19)32-26)17(28)12-18(29)22(21)27-5/h7,11-12,15-16,28-29H,6,8-10H2,1-5H3. The molecule has 1 heterocycles. The molecule has 0 fully saturated rings. The molecule has 2 N–H and O–H groups in total. The molecule has 3 atom stereocenters. The summed E-state index contributed by atoms with van der Waals surface area (Å²) in [6, 6.07) is 1.12. The second-order valence-electron chi connectivity index (χ2n) is 9.69. The summed E-state index contributed by atoms with van der Waals surface area (Å²) in [5.41, 5.74) is 2.44. The lowest BCUT2D eigenvalue weighted by atomic mass is 9.61. The first kappa shape index (κ1) is 22.4. The monoisotopic (exact) mass is 433 g/mol. The quantitative estimate of drug-likeness (QED) is 0.535. The Labute approximate surface area is 190 Å². The van der Waals surface area contributed by atoms with Gasteiger partial charge >= 0.3 is 0 Å². The van der Waals surface area contributed by atoms with E-state index in [4.69, 9.17) is 4.74 Å². The van der Waals surface area contributed by atoms with Crippen LogP contribution in [0.25, 0.3) is 0 Å². The highest BCUT2D eigenvalue weighted by Gasteiger charge is 2.53. The van der Waals surface area contributed by atoms with Crippen LogP contribution in [0.4, 0.5) is 0 Å². The average molecular weight is 433 g/mol. The predicted molar refractivity (Wildman–Crippen MR) is 125 cm³/mol. The van der Waals surface area contributed by atoms with Crippen LogP contribution in [0.1, 0.15) is 74.1 Å². The van der Waals surface area contributed by atoms with Crippen LogP contribution in [-0.2, 0) is 4.74 Å². The Kier molecular flexibility index (Phi) is 5.60. The van der Waals surface area contributed by atoms with Crippen LogP contribution in [0, 0.1) is 11.8 Å². The van der Waals surface area contributed by atoms with E-state index in [-0.39, 0.29) is 45.7 Å². The molecule has 0 aromatic heterocycles. The van der Waals surface area contributed by atoms with E-state index in [1.54, 1.807) is 14.1 Å².